The van der Waals surface area contributed by atoms with Gasteiger partial charge in [0.15, 0.2) is 0 Å². The first kappa shape index (κ1) is 18.9. The number of rotatable bonds is 8. The van der Waals surface area contributed by atoms with Crippen LogP contribution < -0.4 is 9.46 Å². The minimum absolute atomic E-state index is 0.0447. The number of nitro benzene ring substituents is 1. The van der Waals surface area contributed by atoms with Crippen LogP contribution in [0.3, 0.4) is 0 Å². The van der Waals surface area contributed by atoms with Crippen LogP contribution >= 0.6 is 0 Å². The number of nitrogens with zero attached hydrogens (tertiary/aromatic N) is 1. The van der Waals surface area contributed by atoms with Crippen LogP contribution in [0.15, 0.2) is 53.4 Å². The van der Waals surface area contributed by atoms with Crippen LogP contribution in [-0.4, -0.2) is 26.0 Å². The summed E-state index contributed by atoms with van der Waals surface area (Å²) in [5.74, 6) is 0.638. The molecule has 0 saturated carbocycles. The molecule has 0 saturated heterocycles. The molecule has 1 atom stereocenters. The summed E-state index contributed by atoms with van der Waals surface area (Å²) in [7, 11) is -3.88. The van der Waals surface area contributed by atoms with Gasteiger partial charge in [-0.05, 0) is 31.0 Å². The lowest BCUT2D eigenvalue weighted by atomic mass is 10.1. The molecule has 0 aliphatic rings. The molecule has 0 aliphatic heterocycles. The van der Waals surface area contributed by atoms with E-state index in [9.17, 15) is 18.5 Å². The van der Waals surface area contributed by atoms with E-state index in [0.29, 0.717) is 17.7 Å². The van der Waals surface area contributed by atoms with E-state index in [1.807, 2.05) is 18.2 Å². The zero-order chi connectivity index (χ0) is 18.4. The lowest BCUT2D eigenvalue weighted by Gasteiger charge is -2.16. The summed E-state index contributed by atoms with van der Waals surface area (Å²) in [6.45, 7) is 3.58. The average Bonchev–Trinajstić information content (AvgIpc) is 2.60. The Bertz CT molecular complexity index is 837. The van der Waals surface area contributed by atoms with Crippen molar-refractivity contribution in [2.75, 3.05) is 6.54 Å². The van der Waals surface area contributed by atoms with Crippen molar-refractivity contribution >= 4 is 15.7 Å². The quantitative estimate of drug-likeness (QED) is 0.573. The largest absolute Gasteiger partial charge is 0.489 e. The monoisotopic (exact) mass is 364 g/mol. The number of sulfonamides is 1. The minimum atomic E-state index is -3.88. The summed E-state index contributed by atoms with van der Waals surface area (Å²) < 4.78 is 33.2. The average molecular weight is 364 g/mol. The summed E-state index contributed by atoms with van der Waals surface area (Å²) in [4.78, 5) is 10.2. The van der Waals surface area contributed by atoms with E-state index in [2.05, 4.69) is 4.72 Å². The fourth-order valence-electron chi connectivity index (χ4n) is 2.28. The van der Waals surface area contributed by atoms with Crippen molar-refractivity contribution in [3.05, 3.63) is 64.2 Å². The molecule has 2 aromatic carbocycles. The molecule has 134 valence electrons. The van der Waals surface area contributed by atoms with Crippen molar-refractivity contribution in [1.29, 1.82) is 0 Å². The summed E-state index contributed by atoms with van der Waals surface area (Å²) in [6, 6.07) is 12.9. The van der Waals surface area contributed by atoms with Crippen LogP contribution in [0.1, 0.15) is 19.4 Å². The summed E-state index contributed by atoms with van der Waals surface area (Å²) in [5, 5.41) is 10.9. The van der Waals surface area contributed by atoms with Gasteiger partial charge in [0.25, 0.3) is 5.69 Å². The van der Waals surface area contributed by atoms with Gasteiger partial charge < -0.3 is 4.74 Å². The second-order valence-corrected chi connectivity index (χ2v) is 7.23. The highest BCUT2D eigenvalue weighted by molar-refractivity contribution is 7.89. The molecule has 0 spiro atoms. The van der Waals surface area contributed by atoms with E-state index < -0.39 is 21.1 Å². The molecule has 1 unspecified atom stereocenters. The second-order valence-electron chi connectivity index (χ2n) is 5.50. The first-order valence-electron chi connectivity index (χ1n) is 7.82. The highest BCUT2D eigenvalue weighted by Crippen LogP contribution is 2.22. The van der Waals surface area contributed by atoms with Crippen LogP contribution in [0.5, 0.6) is 5.75 Å². The number of nitrogens with one attached hydrogen (secondary N) is 1. The smallest absolute Gasteiger partial charge is 0.270 e. The first-order chi connectivity index (χ1) is 11.8. The van der Waals surface area contributed by atoms with Crippen LogP contribution in [0.4, 0.5) is 5.69 Å². The number of ether oxygens (including phenoxy) is 1. The predicted molar refractivity (Wildman–Crippen MR) is 94.2 cm³/mol. The summed E-state index contributed by atoms with van der Waals surface area (Å²) in [5.41, 5.74) is 0.265. The minimum Gasteiger partial charge on any atom is -0.489 e. The zero-order valence-corrected chi connectivity index (χ0v) is 14.8. The number of benzene rings is 2. The Morgan fingerprint density at radius 3 is 2.48 bits per heavy atom. The molecule has 2 aromatic rings. The number of nitro groups is 1. The molecular weight excluding hydrogens is 344 g/mol. The Hall–Kier alpha value is -2.45. The Labute approximate surface area is 146 Å². The molecule has 0 fully saturated rings. The van der Waals surface area contributed by atoms with Crippen molar-refractivity contribution in [3.63, 3.8) is 0 Å². The third kappa shape index (κ3) is 5.01. The highest BCUT2D eigenvalue weighted by Gasteiger charge is 2.22. The molecule has 0 amide bonds. The summed E-state index contributed by atoms with van der Waals surface area (Å²) >= 11 is 0. The Morgan fingerprint density at radius 1 is 1.20 bits per heavy atom. The van der Waals surface area contributed by atoms with E-state index in [4.69, 9.17) is 4.74 Å². The highest BCUT2D eigenvalue weighted by atomic mass is 32.2. The van der Waals surface area contributed by atoms with Gasteiger partial charge in [0.2, 0.25) is 10.0 Å². The molecule has 0 aliphatic carbocycles. The van der Waals surface area contributed by atoms with Crippen LogP contribution in [0, 0.1) is 10.1 Å². The van der Waals surface area contributed by atoms with Crippen LogP contribution in [0.2, 0.25) is 0 Å². The Balaban J connectivity index is 2.13. The predicted octanol–water partition coefficient (Wildman–Crippen LogP) is 2.90. The fourth-order valence-corrected chi connectivity index (χ4v) is 3.72. The molecular formula is C17H20N2O5S. The second kappa shape index (κ2) is 8.09. The van der Waals surface area contributed by atoms with Crippen molar-refractivity contribution < 1.29 is 18.1 Å². The van der Waals surface area contributed by atoms with Crippen molar-refractivity contribution in [2.45, 2.75) is 31.3 Å². The van der Waals surface area contributed by atoms with Crippen molar-refractivity contribution in [2.24, 2.45) is 0 Å². The van der Waals surface area contributed by atoms with Gasteiger partial charge in [-0.1, -0.05) is 31.2 Å². The van der Waals surface area contributed by atoms with E-state index in [1.165, 1.54) is 12.1 Å². The maximum Gasteiger partial charge on any atom is 0.270 e. The molecule has 0 aromatic heterocycles. The van der Waals surface area contributed by atoms with E-state index in [0.717, 1.165) is 6.07 Å². The molecule has 25 heavy (non-hydrogen) atoms. The molecule has 8 heteroatoms. The van der Waals surface area contributed by atoms with Crippen LogP contribution in [0.25, 0.3) is 0 Å². The normalized spacial score (nSPS) is 12.6. The third-order valence-corrected chi connectivity index (χ3v) is 5.08. The Kier molecular flexibility index (Phi) is 6.11. The number of non-ortho nitro benzene ring substituents is 1. The molecule has 2 rings (SSSR count). The van der Waals surface area contributed by atoms with Gasteiger partial charge >= 0.3 is 0 Å². The lowest BCUT2D eigenvalue weighted by Crippen LogP contribution is -2.34. The number of aryl methyl sites for hydroxylation is 1. The fraction of sp³-hybridized carbons (Fsp3) is 0.294. The molecule has 0 radical (unpaired) electrons. The molecule has 0 bridgehead atoms. The third-order valence-electron chi connectivity index (χ3n) is 3.57. The van der Waals surface area contributed by atoms with E-state index >= 15 is 0 Å². The standard InChI is InChI=1S/C17H20N2O5S/c1-3-14-9-10-15(19(20)21)11-17(14)25(22,23)18-12-13(2)24-16-7-5-4-6-8-16/h4-11,13,18H,3,12H2,1-2H3. The van der Waals surface area contributed by atoms with Gasteiger partial charge in [0.1, 0.15) is 11.9 Å². The first-order valence-corrected chi connectivity index (χ1v) is 9.30. The SMILES string of the molecule is CCc1ccc([N+](=O)[O-])cc1S(=O)(=O)NCC(C)Oc1ccccc1. The van der Waals surface area contributed by atoms with Gasteiger partial charge in [-0.25, -0.2) is 13.1 Å². The summed E-state index contributed by atoms with van der Waals surface area (Å²) in [6.07, 6.45) is 0.0468. The maximum atomic E-state index is 12.6. The van der Waals surface area contributed by atoms with Gasteiger partial charge in [-0.15, -0.1) is 0 Å². The van der Waals surface area contributed by atoms with Crippen molar-refractivity contribution in [3.8, 4) is 5.75 Å². The molecule has 0 heterocycles. The van der Waals surface area contributed by atoms with E-state index in [-0.39, 0.29) is 17.1 Å². The number of hydrogen-bond acceptors (Lipinski definition) is 5. The van der Waals surface area contributed by atoms with Gasteiger partial charge in [0, 0.05) is 18.7 Å². The van der Waals surface area contributed by atoms with Crippen molar-refractivity contribution in [1.82, 2.24) is 4.72 Å². The Morgan fingerprint density at radius 2 is 1.88 bits per heavy atom. The van der Waals surface area contributed by atoms with Gasteiger partial charge in [0.05, 0.1) is 9.82 Å². The van der Waals surface area contributed by atoms with Gasteiger partial charge in [-0.3, -0.25) is 10.1 Å². The number of hydrogen-bond donors (Lipinski definition) is 1. The maximum absolute atomic E-state index is 12.6. The molecule has 1 N–H and O–H groups in total. The topological polar surface area (TPSA) is 98.5 Å². The number of para-hydroxylation sites is 1. The van der Waals surface area contributed by atoms with Crippen LogP contribution in [-0.2, 0) is 16.4 Å². The lowest BCUT2D eigenvalue weighted by molar-refractivity contribution is -0.385. The zero-order valence-electron chi connectivity index (χ0n) is 14.0. The molecule has 7 nitrogen and oxygen atoms in total. The van der Waals surface area contributed by atoms with Gasteiger partial charge in [-0.2, -0.15) is 0 Å². The van der Waals surface area contributed by atoms with E-state index in [1.54, 1.807) is 26.0 Å².